The van der Waals surface area contributed by atoms with Gasteiger partial charge in [-0.05, 0) is 36.3 Å². The van der Waals surface area contributed by atoms with E-state index in [0.29, 0.717) is 6.42 Å². The van der Waals surface area contributed by atoms with Crippen LogP contribution in [0.1, 0.15) is 43.7 Å². The summed E-state index contributed by atoms with van der Waals surface area (Å²) < 4.78 is 0. The van der Waals surface area contributed by atoms with E-state index in [2.05, 4.69) is 31.7 Å². The number of ketones is 2. The van der Waals surface area contributed by atoms with Gasteiger partial charge in [0.25, 0.3) is 0 Å². The highest BCUT2D eigenvalue weighted by atomic mass is 16.2. The van der Waals surface area contributed by atoms with Crippen LogP contribution in [0.4, 0.5) is 0 Å². The summed E-state index contributed by atoms with van der Waals surface area (Å²) in [4.78, 5) is 27.0. The molecule has 0 radical (unpaired) electrons. The molecule has 2 heteroatoms. The van der Waals surface area contributed by atoms with Gasteiger partial charge in [0.1, 0.15) is 5.78 Å². The summed E-state index contributed by atoms with van der Waals surface area (Å²) >= 11 is 0. The molecule has 0 N–H and O–H groups in total. The van der Waals surface area contributed by atoms with Crippen molar-refractivity contribution < 1.29 is 9.59 Å². The molecule has 2 aromatic carbocycles. The van der Waals surface area contributed by atoms with Crippen molar-refractivity contribution in [2.75, 3.05) is 0 Å². The monoisotopic (exact) mass is 396 g/mol. The normalized spacial score (nSPS) is 21.0. The van der Waals surface area contributed by atoms with Crippen LogP contribution in [0.3, 0.4) is 0 Å². The molecule has 30 heavy (non-hydrogen) atoms. The maximum absolute atomic E-state index is 13.9. The van der Waals surface area contributed by atoms with Crippen molar-refractivity contribution in [3.05, 3.63) is 108 Å². The minimum atomic E-state index is -0.897. The van der Waals surface area contributed by atoms with Gasteiger partial charge < -0.3 is 0 Å². The molecule has 2 aromatic rings. The Hall–Kier alpha value is -3.00. The van der Waals surface area contributed by atoms with Crippen LogP contribution in [0.15, 0.2) is 96.6 Å². The van der Waals surface area contributed by atoms with Gasteiger partial charge in [-0.3, -0.25) is 9.59 Å². The predicted octanol–water partition coefficient (Wildman–Crippen LogP) is 5.99. The molecule has 0 aromatic heterocycles. The number of rotatable bonds is 7. The van der Waals surface area contributed by atoms with Crippen LogP contribution in [0.25, 0.3) is 0 Å². The Kier molecular flexibility index (Phi) is 5.67. The molecule has 2 atom stereocenters. The van der Waals surface area contributed by atoms with Crippen LogP contribution in [-0.4, -0.2) is 11.6 Å². The number of carbonyl (C=O) groups is 2. The second-order valence-electron chi connectivity index (χ2n) is 8.62. The SMILES string of the molecule is C=C(CC1C(=O)CC(c2ccccc2)(c2ccccc2)C1=O)C(C)CC1=CC=CC1. The van der Waals surface area contributed by atoms with E-state index in [4.69, 9.17) is 0 Å². The van der Waals surface area contributed by atoms with Gasteiger partial charge in [0, 0.05) is 6.42 Å². The van der Waals surface area contributed by atoms with Crippen molar-refractivity contribution in [2.24, 2.45) is 11.8 Å². The highest BCUT2D eigenvalue weighted by molar-refractivity contribution is 6.16. The summed E-state index contributed by atoms with van der Waals surface area (Å²) in [7, 11) is 0. The maximum atomic E-state index is 13.9. The fourth-order valence-corrected chi connectivity index (χ4v) is 4.87. The van der Waals surface area contributed by atoms with Gasteiger partial charge >= 0.3 is 0 Å². The van der Waals surface area contributed by atoms with E-state index in [1.807, 2.05) is 60.7 Å². The van der Waals surface area contributed by atoms with Gasteiger partial charge in [-0.25, -0.2) is 0 Å². The topological polar surface area (TPSA) is 34.1 Å². The molecule has 4 rings (SSSR count). The second-order valence-corrected chi connectivity index (χ2v) is 8.62. The van der Waals surface area contributed by atoms with Gasteiger partial charge in [0.15, 0.2) is 5.78 Å². The molecule has 1 saturated carbocycles. The molecule has 1 fully saturated rings. The lowest BCUT2D eigenvalue weighted by molar-refractivity contribution is -0.128. The van der Waals surface area contributed by atoms with Crippen LogP contribution in [-0.2, 0) is 15.0 Å². The van der Waals surface area contributed by atoms with Crippen molar-refractivity contribution in [3.8, 4) is 0 Å². The zero-order valence-electron chi connectivity index (χ0n) is 17.5. The minimum Gasteiger partial charge on any atom is -0.299 e. The van der Waals surface area contributed by atoms with E-state index >= 15 is 0 Å². The molecule has 2 nitrogen and oxygen atoms in total. The first kappa shape index (κ1) is 20.3. The molecule has 2 unspecified atom stereocenters. The summed E-state index contributed by atoms with van der Waals surface area (Å²) in [6.45, 7) is 6.42. The first-order valence-electron chi connectivity index (χ1n) is 10.7. The van der Waals surface area contributed by atoms with Gasteiger partial charge in [0.05, 0.1) is 11.3 Å². The van der Waals surface area contributed by atoms with Crippen molar-refractivity contribution in [1.82, 2.24) is 0 Å². The summed E-state index contributed by atoms with van der Waals surface area (Å²) in [5.74, 6) is -0.320. The average molecular weight is 397 g/mol. The predicted molar refractivity (Wildman–Crippen MR) is 121 cm³/mol. The largest absolute Gasteiger partial charge is 0.299 e. The highest BCUT2D eigenvalue weighted by Gasteiger charge is 2.54. The molecule has 0 heterocycles. The molecule has 0 amide bonds. The molecule has 0 saturated heterocycles. The van der Waals surface area contributed by atoms with Crippen LogP contribution in [0, 0.1) is 11.8 Å². The van der Waals surface area contributed by atoms with Crippen molar-refractivity contribution >= 4 is 11.6 Å². The Balaban J connectivity index is 1.61. The lowest BCUT2D eigenvalue weighted by atomic mass is 9.71. The number of hydrogen-bond acceptors (Lipinski definition) is 2. The molecular weight excluding hydrogens is 368 g/mol. The number of carbonyl (C=O) groups excluding carboxylic acids is 2. The van der Waals surface area contributed by atoms with E-state index in [1.54, 1.807) is 0 Å². The Morgan fingerprint density at radius 2 is 1.63 bits per heavy atom. The third kappa shape index (κ3) is 3.63. The third-order valence-corrected chi connectivity index (χ3v) is 6.68. The third-order valence-electron chi connectivity index (χ3n) is 6.68. The lowest BCUT2D eigenvalue weighted by Crippen LogP contribution is -2.35. The number of allylic oxidation sites excluding steroid dienone is 5. The smallest absolute Gasteiger partial charge is 0.158 e. The lowest BCUT2D eigenvalue weighted by Gasteiger charge is -2.29. The Bertz CT molecular complexity index is 972. The first-order chi connectivity index (χ1) is 14.5. The van der Waals surface area contributed by atoms with Gasteiger partial charge in [0.2, 0.25) is 0 Å². The maximum Gasteiger partial charge on any atom is 0.158 e. The van der Waals surface area contributed by atoms with Crippen molar-refractivity contribution in [1.29, 1.82) is 0 Å². The van der Waals surface area contributed by atoms with Gasteiger partial charge in [-0.1, -0.05) is 104 Å². The average Bonchev–Trinajstić information content (AvgIpc) is 3.37. The van der Waals surface area contributed by atoms with Crippen LogP contribution in [0.5, 0.6) is 0 Å². The zero-order valence-corrected chi connectivity index (χ0v) is 17.5. The van der Waals surface area contributed by atoms with Crippen molar-refractivity contribution in [3.63, 3.8) is 0 Å². The molecule has 2 aliphatic rings. The fourth-order valence-electron chi connectivity index (χ4n) is 4.87. The van der Waals surface area contributed by atoms with Crippen LogP contribution < -0.4 is 0 Å². The van der Waals surface area contributed by atoms with E-state index in [-0.39, 0.29) is 23.9 Å². The molecule has 0 aliphatic heterocycles. The molecule has 152 valence electrons. The summed E-state index contributed by atoms with van der Waals surface area (Å²) in [5, 5.41) is 0. The van der Waals surface area contributed by atoms with Gasteiger partial charge in [-0.15, -0.1) is 0 Å². The summed E-state index contributed by atoms with van der Waals surface area (Å²) in [5.41, 5.74) is 3.28. The second kappa shape index (κ2) is 8.39. The molecular formula is C28H28O2. The zero-order chi connectivity index (χ0) is 21.1. The minimum absolute atomic E-state index is 0.0139. The van der Waals surface area contributed by atoms with E-state index in [9.17, 15) is 9.59 Å². The van der Waals surface area contributed by atoms with E-state index in [1.165, 1.54) is 5.57 Å². The van der Waals surface area contributed by atoms with Gasteiger partial charge in [-0.2, -0.15) is 0 Å². The van der Waals surface area contributed by atoms with Crippen LogP contribution >= 0.6 is 0 Å². The number of Topliss-reactive ketones (excluding diaryl/α,β-unsaturated/α-hetero) is 2. The van der Waals surface area contributed by atoms with E-state index in [0.717, 1.165) is 29.5 Å². The Morgan fingerprint density at radius 3 is 2.17 bits per heavy atom. The number of benzene rings is 2. The van der Waals surface area contributed by atoms with Crippen LogP contribution in [0.2, 0.25) is 0 Å². The Labute approximate surface area is 179 Å². The highest BCUT2D eigenvalue weighted by Crippen LogP contribution is 2.46. The quantitative estimate of drug-likeness (QED) is 0.425. The summed E-state index contributed by atoms with van der Waals surface area (Å²) in [6.07, 6.45) is 8.99. The fraction of sp³-hybridized carbons (Fsp3) is 0.286. The first-order valence-corrected chi connectivity index (χ1v) is 10.7. The van der Waals surface area contributed by atoms with E-state index < -0.39 is 11.3 Å². The molecule has 2 aliphatic carbocycles. The number of hydrogen-bond donors (Lipinski definition) is 0. The Morgan fingerprint density at radius 1 is 1.03 bits per heavy atom. The van der Waals surface area contributed by atoms with Crippen molar-refractivity contribution in [2.45, 2.75) is 38.0 Å². The summed E-state index contributed by atoms with van der Waals surface area (Å²) in [6, 6.07) is 19.5. The molecule has 0 bridgehead atoms. The molecule has 0 spiro atoms. The standard InChI is InChI=1S/C28H28O2/c1-20(17-22-11-9-10-12-22)21(2)18-25-26(29)19-28(27(25)30,23-13-5-3-6-14-23)24-15-7-4-8-16-24/h3-11,13-16,20,25H,2,12,17-19H2,1H3.